The Morgan fingerprint density at radius 1 is 1.60 bits per heavy atom. The number of thiophene rings is 1. The van der Waals surface area contributed by atoms with Crippen molar-refractivity contribution >= 4 is 11.3 Å². The molecular weight excluding hydrogens is 206 g/mol. The first kappa shape index (κ1) is 10.4. The third kappa shape index (κ3) is 3.18. The fraction of sp³-hybridized carbons (Fsp3) is 0.364. The lowest BCUT2D eigenvalue weighted by Gasteiger charge is -2.13. The van der Waals surface area contributed by atoms with Crippen molar-refractivity contribution in [2.75, 3.05) is 0 Å². The van der Waals surface area contributed by atoms with Gasteiger partial charge < -0.3 is 9.88 Å². The maximum absolute atomic E-state index is 4.02. The van der Waals surface area contributed by atoms with Gasteiger partial charge in [0.25, 0.3) is 0 Å². The minimum atomic E-state index is 0.458. The molecule has 0 aliphatic carbocycles. The van der Waals surface area contributed by atoms with Crippen LogP contribution in [0.4, 0.5) is 0 Å². The number of hydrogen-bond donors (Lipinski definition) is 1. The van der Waals surface area contributed by atoms with Gasteiger partial charge in [-0.3, -0.25) is 0 Å². The molecule has 2 heterocycles. The van der Waals surface area contributed by atoms with Crippen molar-refractivity contribution in [3.05, 3.63) is 41.1 Å². The number of aromatic nitrogens is 2. The van der Waals surface area contributed by atoms with E-state index in [0.29, 0.717) is 6.04 Å². The normalized spacial score (nSPS) is 12.9. The molecule has 1 N–H and O–H groups in total. The highest BCUT2D eigenvalue weighted by molar-refractivity contribution is 7.07. The molecule has 0 aromatic carbocycles. The monoisotopic (exact) mass is 221 g/mol. The third-order valence-electron chi connectivity index (χ3n) is 2.28. The van der Waals surface area contributed by atoms with Crippen molar-refractivity contribution in [2.24, 2.45) is 0 Å². The Morgan fingerprint density at radius 3 is 3.20 bits per heavy atom. The van der Waals surface area contributed by atoms with Gasteiger partial charge in [-0.2, -0.15) is 11.3 Å². The molecule has 0 amide bonds. The van der Waals surface area contributed by atoms with Crippen molar-refractivity contribution < 1.29 is 0 Å². The van der Waals surface area contributed by atoms with Crippen LogP contribution in [0.1, 0.15) is 12.5 Å². The second-order valence-corrected chi connectivity index (χ2v) is 4.45. The zero-order valence-corrected chi connectivity index (χ0v) is 9.57. The third-order valence-corrected chi connectivity index (χ3v) is 3.01. The van der Waals surface area contributed by atoms with Crippen LogP contribution >= 0.6 is 11.3 Å². The van der Waals surface area contributed by atoms with Crippen molar-refractivity contribution in [3.8, 4) is 0 Å². The number of nitrogens with zero attached hydrogens (tertiary/aromatic N) is 2. The molecular formula is C11H15N3S. The van der Waals surface area contributed by atoms with Crippen LogP contribution in [0.5, 0.6) is 0 Å². The van der Waals surface area contributed by atoms with Crippen LogP contribution in [0, 0.1) is 0 Å². The Hall–Kier alpha value is -1.13. The molecule has 2 aromatic rings. The highest BCUT2D eigenvalue weighted by atomic mass is 32.1. The van der Waals surface area contributed by atoms with Crippen molar-refractivity contribution in [1.82, 2.24) is 14.9 Å². The van der Waals surface area contributed by atoms with Crippen LogP contribution < -0.4 is 5.32 Å². The molecule has 0 radical (unpaired) electrons. The van der Waals surface area contributed by atoms with E-state index in [1.54, 1.807) is 11.3 Å². The Balaban J connectivity index is 1.76. The zero-order valence-electron chi connectivity index (χ0n) is 8.76. The van der Waals surface area contributed by atoms with Crippen LogP contribution in [0.15, 0.2) is 35.5 Å². The van der Waals surface area contributed by atoms with Crippen LogP contribution in [-0.4, -0.2) is 15.6 Å². The van der Waals surface area contributed by atoms with E-state index in [1.807, 2.05) is 18.7 Å². The molecule has 0 bridgehead atoms. The summed E-state index contributed by atoms with van der Waals surface area (Å²) >= 11 is 1.74. The highest BCUT2D eigenvalue weighted by Crippen LogP contribution is 2.05. The molecule has 0 spiro atoms. The average molecular weight is 221 g/mol. The molecule has 1 atom stereocenters. The molecule has 0 saturated heterocycles. The standard InChI is InChI=1S/C11H15N3S/c1-10(7-14-4-3-12-9-14)13-6-11-2-5-15-8-11/h2-5,8-10,13H,6-7H2,1H3. The molecule has 0 fully saturated rings. The molecule has 4 heteroatoms. The van der Waals surface area contributed by atoms with Crippen molar-refractivity contribution in [1.29, 1.82) is 0 Å². The van der Waals surface area contributed by atoms with Gasteiger partial charge in [0.1, 0.15) is 0 Å². The molecule has 0 aliphatic heterocycles. The highest BCUT2D eigenvalue weighted by Gasteiger charge is 2.02. The summed E-state index contributed by atoms with van der Waals surface area (Å²) in [5, 5.41) is 7.77. The number of nitrogens with one attached hydrogen (secondary N) is 1. The molecule has 1 unspecified atom stereocenters. The molecule has 15 heavy (non-hydrogen) atoms. The maximum atomic E-state index is 4.02. The number of rotatable bonds is 5. The largest absolute Gasteiger partial charge is 0.336 e. The van der Waals surface area contributed by atoms with Gasteiger partial charge in [-0.1, -0.05) is 0 Å². The fourth-order valence-electron chi connectivity index (χ4n) is 1.46. The topological polar surface area (TPSA) is 29.9 Å². The Labute approximate surface area is 93.8 Å². The lowest BCUT2D eigenvalue weighted by molar-refractivity contribution is 0.476. The quantitative estimate of drug-likeness (QED) is 0.838. The second kappa shape index (κ2) is 5.09. The van der Waals surface area contributed by atoms with E-state index in [9.17, 15) is 0 Å². The summed E-state index contributed by atoms with van der Waals surface area (Å²) in [4.78, 5) is 4.02. The molecule has 0 saturated carbocycles. The zero-order chi connectivity index (χ0) is 10.5. The first-order chi connectivity index (χ1) is 7.34. The SMILES string of the molecule is CC(Cn1ccnc1)NCc1ccsc1. The number of hydrogen-bond acceptors (Lipinski definition) is 3. The number of imidazole rings is 1. The summed E-state index contributed by atoms with van der Waals surface area (Å²) in [6, 6.07) is 2.61. The van der Waals surface area contributed by atoms with Crippen molar-refractivity contribution in [2.45, 2.75) is 26.1 Å². The van der Waals surface area contributed by atoms with Gasteiger partial charge in [0, 0.05) is 31.5 Å². The van der Waals surface area contributed by atoms with E-state index in [0.717, 1.165) is 13.1 Å². The summed E-state index contributed by atoms with van der Waals surface area (Å²) in [5.74, 6) is 0. The summed E-state index contributed by atoms with van der Waals surface area (Å²) in [6.45, 7) is 4.09. The Morgan fingerprint density at radius 2 is 2.53 bits per heavy atom. The minimum Gasteiger partial charge on any atom is -0.336 e. The van der Waals surface area contributed by atoms with Crippen LogP contribution in [0.2, 0.25) is 0 Å². The van der Waals surface area contributed by atoms with Gasteiger partial charge in [0.15, 0.2) is 0 Å². The summed E-state index contributed by atoms with van der Waals surface area (Å²) < 4.78 is 2.09. The second-order valence-electron chi connectivity index (χ2n) is 3.67. The van der Waals surface area contributed by atoms with Crippen LogP contribution in [0.3, 0.4) is 0 Å². The van der Waals surface area contributed by atoms with Gasteiger partial charge >= 0.3 is 0 Å². The van der Waals surface area contributed by atoms with Gasteiger partial charge in [-0.15, -0.1) is 0 Å². The first-order valence-corrected chi connectivity index (χ1v) is 5.99. The van der Waals surface area contributed by atoms with E-state index in [2.05, 4.69) is 38.6 Å². The predicted molar refractivity (Wildman–Crippen MR) is 62.8 cm³/mol. The maximum Gasteiger partial charge on any atom is 0.0946 e. The minimum absolute atomic E-state index is 0.458. The van der Waals surface area contributed by atoms with Crippen LogP contribution in [0.25, 0.3) is 0 Å². The van der Waals surface area contributed by atoms with Gasteiger partial charge in [-0.05, 0) is 29.3 Å². The van der Waals surface area contributed by atoms with E-state index in [1.165, 1.54) is 5.56 Å². The van der Waals surface area contributed by atoms with E-state index in [4.69, 9.17) is 0 Å². The summed E-state index contributed by atoms with van der Waals surface area (Å²) in [6.07, 6.45) is 5.65. The van der Waals surface area contributed by atoms with Crippen LogP contribution in [-0.2, 0) is 13.1 Å². The van der Waals surface area contributed by atoms with Gasteiger partial charge in [0.2, 0.25) is 0 Å². The fourth-order valence-corrected chi connectivity index (χ4v) is 2.13. The summed E-state index contributed by atoms with van der Waals surface area (Å²) in [7, 11) is 0. The average Bonchev–Trinajstić information content (AvgIpc) is 2.86. The first-order valence-electron chi connectivity index (χ1n) is 5.05. The molecule has 2 rings (SSSR count). The molecule has 0 aliphatic rings. The lowest BCUT2D eigenvalue weighted by atomic mass is 10.3. The van der Waals surface area contributed by atoms with Gasteiger partial charge in [-0.25, -0.2) is 4.98 Å². The van der Waals surface area contributed by atoms with E-state index < -0.39 is 0 Å². The van der Waals surface area contributed by atoms with E-state index in [-0.39, 0.29) is 0 Å². The molecule has 3 nitrogen and oxygen atoms in total. The Bertz CT molecular complexity index is 366. The van der Waals surface area contributed by atoms with Gasteiger partial charge in [0.05, 0.1) is 6.33 Å². The van der Waals surface area contributed by atoms with Crippen molar-refractivity contribution in [3.63, 3.8) is 0 Å². The smallest absolute Gasteiger partial charge is 0.0946 e. The lowest BCUT2D eigenvalue weighted by Crippen LogP contribution is -2.29. The predicted octanol–water partition coefficient (Wildman–Crippen LogP) is 2.12. The van der Waals surface area contributed by atoms with E-state index >= 15 is 0 Å². The summed E-state index contributed by atoms with van der Waals surface area (Å²) in [5.41, 5.74) is 1.36. The molecule has 2 aromatic heterocycles. The Kier molecular flexibility index (Phi) is 3.53. The molecule has 80 valence electrons.